The number of thioether (sulfide) groups is 1. The van der Waals surface area contributed by atoms with Crippen molar-refractivity contribution in [3.8, 4) is 0 Å². The summed E-state index contributed by atoms with van der Waals surface area (Å²) in [6.45, 7) is 1.91. The number of carbonyl (C=O) groups excluding carboxylic acids is 1. The number of benzene rings is 2. The molecule has 1 fully saturated rings. The van der Waals surface area contributed by atoms with E-state index in [9.17, 15) is 13.2 Å². The number of carbonyl (C=O) groups is 1. The summed E-state index contributed by atoms with van der Waals surface area (Å²) in [5.41, 5.74) is 0.983. The maximum Gasteiger partial charge on any atom is 0.264 e. The van der Waals surface area contributed by atoms with E-state index in [-0.39, 0.29) is 16.6 Å². The fourth-order valence-corrected chi connectivity index (χ4v) is 5.29. The summed E-state index contributed by atoms with van der Waals surface area (Å²) in [7, 11) is -2.25. The Kier molecular flexibility index (Phi) is 6.01. The normalized spacial score (nSPS) is 13.7. The van der Waals surface area contributed by atoms with Crippen molar-refractivity contribution < 1.29 is 13.2 Å². The minimum absolute atomic E-state index is 0.105. The van der Waals surface area contributed by atoms with Gasteiger partial charge in [-0.05, 0) is 50.1 Å². The predicted molar refractivity (Wildman–Crippen MR) is 121 cm³/mol. The molecule has 1 aromatic heterocycles. The molecule has 1 aliphatic rings. The first kappa shape index (κ1) is 21.4. The number of hydrogen-bond acceptors (Lipinski definition) is 6. The summed E-state index contributed by atoms with van der Waals surface area (Å²) >= 11 is 1.33. The Morgan fingerprint density at radius 1 is 1.16 bits per heavy atom. The molecule has 1 aliphatic carbocycles. The summed E-state index contributed by atoms with van der Waals surface area (Å²) < 4.78 is 29.3. The quantitative estimate of drug-likeness (QED) is 0.520. The summed E-state index contributed by atoms with van der Waals surface area (Å²) in [6.07, 6.45) is 2.22. The van der Waals surface area contributed by atoms with Crippen LogP contribution in [0.15, 0.2) is 64.6 Å². The van der Waals surface area contributed by atoms with E-state index < -0.39 is 10.0 Å². The third-order valence-corrected chi connectivity index (χ3v) is 7.70. The minimum Gasteiger partial charge on any atom is -0.325 e. The highest BCUT2D eigenvalue weighted by Gasteiger charge is 2.28. The first-order chi connectivity index (χ1) is 14.9. The predicted octanol–water partition coefficient (Wildman–Crippen LogP) is 3.48. The van der Waals surface area contributed by atoms with E-state index in [1.807, 2.05) is 13.0 Å². The second kappa shape index (κ2) is 8.72. The molecule has 0 bridgehead atoms. The number of amides is 1. The van der Waals surface area contributed by atoms with Crippen molar-refractivity contribution in [2.24, 2.45) is 0 Å². The lowest BCUT2D eigenvalue weighted by atomic mass is 10.3. The largest absolute Gasteiger partial charge is 0.325 e. The van der Waals surface area contributed by atoms with Gasteiger partial charge >= 0.3 is 0 Å². The van der Waals surface area contributed by atoms with E-state index in [2.05, 4.69) is 20.1 Å². The van der Waals surface area contributed by atoms with Crippen molar-refractivity contribution in [3.63, 3.8) is 0 Å². The van der Waals surface area contributed by atoms with Crippen molar-refractivity contribution in [2.75, 3.05) is 22.4 Å². The molecule has 162 valence electrons. The van der Waals surface area contributed by atoms with E-state index >= 15 is 0 Å². The van der Waals surface area contributed by atoms with Crippen LogP contribution in [0.3, 0.4) is 0 Å². The summed E-state index contributed by atoms with van der Waals surface area (Å²) in [4.78, 5) is 12.6. The first-order valence-corrected chi connectivity index (χ1v) is 12.3. The zero-order valence-corrected chi connectivity index (χ0v) is 18.9. The van der Waals surface area contributed by atoms with E-state index in [0.29, 0.717) is 17.4 Å². The van der Waals surface area contributed by atoms with E-state index in [0.717, 1.165) is 23.8 Å². The first-order valence-electron chi connectivity index (χ1n) is 9.84. The Morgan fingerprint density at radius 3 is 2.61 bits per heavy atom. The van der Waals surface area contributed by atoms with Gasteiger partial charge in [-0.25, -0.2) is 8.42 Å². The van der Waals surface area contributed by atoms with Crippen LogP contribution in [0.25, 0.3) is 0 Å². The molecule has 1 heterocycles. The Hall–Kier alpha value is -2.85. The van der Waals surface area contributed by atoms with Gasteiger partial charge in [0.1, 0.15) is 5.82 Å². The van der Waals surface area contributed by atoms with Crippen LogP contribution in [-0.4, -0.2) is 41.9 Å². The monoisotopic (exact) mass is 457 g/mol. The van der Waals surface area contributed by atoms with Crippen LogP contribution >= 0.6 is 11.8 Å². The average Bonchev–Trinajstić information content (AvgIpc) is 3.54. The third kappa shape index (κ3) is 4.75. The topological polar surface area (TPSA) is 97.2 Å². The third-order valence-electron chi connectivity index (χ3n) is 4.98. The molecular weight excluding hydrogens is 434 g/mol. The average molecular weight is 458 g/mol. The number of anilines is 2. The molecule has 0 unspecified atom stereocenters. The van der Waals surface area contributed by atoms with Crippen molar-refractivity contribution >= 4 is 39.1 Å². The van der Waals surface area contributed by atoms with Gasteiger partial charge in [-0.1, -0.05) is 36.0 Å². The molecule has 3 aromatic rings. The van der Waals surface area contributed by atoms with Crippen molar-refractivity contribution in [1.29, 1.82) is 0 Å². The summed E-state index contributed by atoms with van der Waals surface area (Å²) in [5, 5.41) is 11.8. The summed E-state index contributed by atoms with van der Waals surface area (Å²) in [5.74, 6) is 0.774. The van der Waals surface area contributed by atoms with Crippen molar-refractivity contribution in [1.82, 2.24) is 14.8 Å². The molecule has 1 N–H and O–H groups in total. The number of nitrogens with one attached hydrogen (secondary N) is 1. The molecular formula is C21H23N5O3S2. The van der Waals surface area contributed by atoms with Crippen LogP contribution in [0.4, 0.5) is 11.4 Å². The van der Waals surface area contributed by atoms with Gasteiger partial charge in [0.05, 0.1) is 16.3 Å². The van der Waals surface area contributed by atoms with Crippen LogP contribution in [0.1, 0.15) is 24.7 Å². The van der Waals surface area contributed by atoms with Gasteiger partial charge in [0.2, 0.25) is 5.91 Å². The van der Waals surface area contributed by atoms with Crippen LogP contribution in [0.2, 0.25) is 0 Å². The fraction of sp³-hybridized carbons (Fsp3) is 0.286. The molecule has 2 aromatic carbocycles. The number of aryl methyl sites for hydroxylation is 1. The van der Waals surface area contributed by atoms with Gasteiger partial charge in [0.25, 0.3) is 10.0 Å². The number of para-hydroxylation sites is 1. The van der Waals surface area contributed by atoms with E-state index in [1.54, 1.807) is 36.4 Å². The molecule has 1 amide bonds. The number of hydrogen-bond donors (Lipinski definition) is 1. The molecule has 8 nitrogen and oxygen atoms in total. The van der Waals surface area contributed by atoms with Gasteiger partial charge in [0.15, 0.2) is 5.16 Å². The zero-order valence-electron chi connectivity index (χ0n) is 17.2. The van der Waals surface area contributed by atoms with Crippen molar-refractivity contribution in [3.05, 3.63) is 60.4 Å². The van der Waals surface area contributed by atoms with Crippen molar-refractivity contribution in [2.45, 2.75) is 35.9 Å². The number of aromatic nitrogens is 3. The van der Waals surface area contributed by atoms with E-state index in [4.69, 9.17) is 0 Å². The molecule has 0 aliphatic heterocycles. The fourth-order valence-electron chi connectivity index (χ4n) is 3.20. The molecule has 0 saturated heterocycles. The Balaban J connectivity index is 1.43. The molecule has 4 rings (SSSR count). The van der Waals surface area contributed by atoms with Crippen LogP contribution in [0.5, 0.6) is 0 Å². The van der Waals surface area contributed by atoms with Crippen LogP contribution in [0, 0.1) is 6.92 Å². The summed E-state index contributed by atoms with van der Waals surface area (Å²) in [6, 6.07) is 15.5. The number of nitrogens with zero attached hydrogens (tertiary/aromatic N) is 4. The highest BCUT2D eigenvalue weighted by molar-refractivity contribution is 7.99. The highest BCUT2D eigenvalue weighted by atomic mass is 32.2. The molecule has 10 heteroatoms. The van der Waals surface area contributed by atoms with Gasteiger partial charge in [0, 0.05) is 18.8 Å². The molecule has 1 saturated carbocycles. The van der Waals surface area contributed by atoms with Gasteiger partial charge in [-0.15, -0.1) is 10.2 Å². The second-order valence-electron chi connectivity index (χ2n) is 7.30. The second-order valence-corrected chi connectivity index (χ2v) is 10.2. The van der Waals surface area contributed by atoms with Crippen LogP contribution in [-0.2, 0) is 14.8 Å². The molecule has 31 heavy (non-hydrogen) atoms. The standard InChI is InChI=1S/C21H23N5O3S2/c1-15-23-24-21(26(15)18-11-12-18)30-14-20(27)22-16-7-6-10-19(13-16)31(28,29)25(2)17-8-4-3-5-9-17/h3-10,13,18H,11-12,14H2,1-2H3,(H,22,27). The Morgan fingerprint density at radius 2 is 1.90 bits per heavy atom. The maximum absolute atomic E-state index is 13.0. The van der Waals surface area contributed by atoms with Gasteiger partial charge < -0.3 is 9.88 Å². The SMILES string of the molecule is Cc1nnc(SCC(=O)Nc2cccc(S(=O)(=O)N(C)c3ccccc3)c2)n1C1CC1. The Bertz CT molecular complexity index is 1190. The lowest BCUT2D eigenvalue weighted by Crippen LogP contribution is -2.26. The van der Waals surface area contributed by atoms with Gasteiger partial charge in [-0.2, -0.15) is 0 Å². The lowest BCUT2D eigenvalue weighted by molar-refractivity contribution is -0.113. The van der Waals surface area contributed by atoms with E-state index in [1.165, 1.54) is 35.2 Å². The number of rotatable bonds is 8. The highest BCUT2D eigenvalue weighted by Crippen LogP contribution is 2.38. The van der Waals surface area contributed by atoms with Crippen LogP contribution < -0.4 is 9.62 Å². The minimum atomic E-state index is -3.76. The number of sulfonamides is 1. The zero-order chi connectivity index (χ0) is 22.0. The smallest absolute Gasteiger partial charge is 0.264 e. The molecule has 0 spiro atoms. The lowest BCUT2D eigenvalue weighted by Gasteiger charge is -2.19. The molecule has 0 radical (unpaired) electrons. The van der Waals surface area contributed by atoms with Gasteiger partial charge in [-0.3, -0.25) is 9.10 Å². The maximum atomic E-state index is 13.0. The Labute approximate surface area is 185 Å². The molecule has 0 atom stereocenters.